The molecule has 0 aromatic heterocycles. The average Bonchev–Trinajstić information content (AvgIpc) is 3.54. The van der Waals surface area contributed by atoms with Gasteiger partial charge in [-0.05, 0) is 74.4 Å². The number of amides is 1. The van der Waals surface area contributed by atoms with Crippen molar-refractivity contribution >= 4 is 18.3 Å². The Kier molecular flexibility index (Phi) is 10.3. The predicted octanol–water partition coefficient (Wildman–Crippen LogP) is 4.61. The Morgan fingerprint density at radius 1 is 1.16 bits per heavy atom. The highest BCUT2D eigenvalue weighted by Gasteiger charge is 2.25. The Morgan fingerprint density at radius 2 is 1.94 bits per heavy atom. The first kappa shape index (κ1) is 25.9. The molecule has 7 heteroatoms. The molecule has 0 saturated heterocycles. The molecule has 0 radical (unpaired) electrons. The van der Waals surface area contributed by atoms with Gasteiger partial charge in [0.25, 0.3) is 0 Å². The van der Waals surface area contributed by atoms with Gasteiger partial charge in [-0.15, -0.1) is 12.4 Å². The highest BCUT2D eigenvalue weighted by atomic mass is 35.5. The summed E-state index contributed by atoms with van der Waals surface area (Å²) in [6.45, 7) is 6.45. The first-order chi connectivity index (χ1) is 14.9. The van der Waals surface area contributed by atoms with E-state index in [2.05, 4.69) is 10.2 Å². The second-order valence-corrected chi connectivity index (χ2v) is 8.55. The summed E-state index contributed by atoms with van der Waals surface area (Å²) in [6.07, 6.45) is 3.34. The van der Waals surface area contributed by atoms with Crippen LogP contribution >= 0.6 is 12.4 Å². The molecule has 1 amide bonds. The number of hydrogen-bond acceptors (Lipinski definition) is 4. The maximum Gasteiger partial charge on any atom is 0.234 e. The molecule has 0 heterocycles. The Hall–Kier alpha value is -2.31. The first-order valence-electron chi connectivity index (χ1n) is 11.0. The third-order valence-corrected chi connectivity index (χ3v) is 5.26. The maximum absolute atomic E-state index is 13.4. The quantitative estimate of drug-likeness (QED) is 0.498. The van der Waals surface area contributed by atoms with Crippen LogP contribution in [0.5, 0.6) is 11.5 Å². The van der Waals surface area contributed by atoms with Crippen LogP contribution in [0.15, 0.2) is 42.5 Å². The van der Waals surface area contributed by atoms with Gasteiger partial charge in [-0.2, -0.15) is 0 Å². The summed E-state index contributed by atoms with van der Waals surface area (Å²) in [5, 5.41) is 2.98. The summed E-state index contributed by atoms with van der Waals surface area (Å²) in [6, 6.07) is 12.4. The van der Waals surface area contributed by atoms with Gasteiger partial charge < -0.3 is 14.8 Å². The SMILES string of the molecule is COc1cc(CCN(CC(=O)NC(C)C)CC2CC2)ccc1OCc1cccc(F)c1.Cl. The summed E-state index contributed by atoms with van der Waals surface area (Å²) >= 11 is 0. The van der Waals surface area contributed by atoms with Crippen molar-refractivity contribution in [1.82, 2.24) is 10.2 Å². The third kappa shape index (κ3) is 8.67. The fourth-order valence-corrected chi connectivity index (χ4v) is 3.53. The van der Waals surface area contributed by atoms with Crippen LogP contribution in [0.25, 0.3) is 0 Å². The number of carbonyl (C=O) groups excluding carboxylic acids is 1. The normalized spacial score (nSPS) is 13.1. The summed E-state index contributed by atoms with van der Waals surface area (Å²) in [4.78, 5) is 14.5. The van der Waals surface area contributed by atoms with E-state index in [-0.39, 0.29) is 36.8 Å². The Morgan fingerprint density at radius 3 is 2.59 bits per heavy atom. The van der Waals surface area contributed by atoms with E-state index in [4.69, 9.17) is 9.47 Å². The average molecular weight is 465 g/mol. The zero-order valence-electron chi connectivity index (χ0n) is 19.1. The van der Waals surface area contributed by atoms with Gasteiger partial charge in [-0.1, -0.05) is 18.2 Å². The van der Waals surface area contributed by atoms with Crippen LogP contribution < -0.4 is 14.8 Å². The number of benzene rings is 2. The molecule has 2 aromatic rings. The van der Waals surface area contributed by atoms with Gasteiger partial charge in [0, 0.05) is 19.1 Å². The van der Waals surface area contributed by atoms with Gasteiger partial charge in [0.2, 0.25) is 5.91 Å². The van der Waals surface area contributed by atoms with Crippen LogP contribution in [-0.4, -0.2) is 43.6 Å². The second kappa shape index (κ2) is 12.7. The van der Waals surface area contributed by atoms with E-state index in [1.807, 2.05) is 38.1 Å². The van der Waals surface area contributed by atoms with Crippen LogP contribution in [0.3, 0.4) is 0 Å². The number of hydrogen-bond donors (Lipinski definition) is 1. The van der Waals surface area contributed by atoms with Crippen molar-refractivity contribution < 1.29 is 18.7 Å². The van der Waals surface area contributed by atoms with Crippen LogP contribution in [0.4, 0.5) is 4.39 Å². The lowest BCUT2D eigenvalue weighted by Gasteiger charge is -2.22. The third-order valence-electron chi connectivity index (χ3n) is 5.26. The fourth-order valence-electron chi connectivity index (χ4n) is 3.53. The summed E-state index contributed by atoms with van der Waals surface area (Å²) < 4.78 is 24.7. The van der Waals surface area contributed by atoms with Gasteiger partial charge in [0.1, 0.15) is 12.4 Å². The van der Waals surface area contributed by atoms with Crippen molar-refractivity contribution in [3.63, 3.8) is 0 Å². The lowest BCUT2D eigenvalue weighted by atomic mass is 10.1. The number of ether oxygens (including phenoxy) is 2. The Labute approximate surface area is 196 Å². The van der Waals surface area contributed by atoms with E-state index < -0.39 is 0 Å². The Balaban J connectivity index is 0.00000363. The summed E-state index contributed by atoms with van der Waals surface area (Å²) in [5.41, 5.74) is 1.89. The molecular formula is C25H34ClFN2O3. The number of carbonyl (C=O) groups is 1. The molecule has 176 valence electrons. The standard InChI is InChI=1S/C25H33FN2O3.ClH/c1-18(2)27-25(29)16-28(15-20-7-8-20)12-11-19-9-10-23(24(14-19)30-3)31-17-21-5-4-6-22(26)13-21;/h4-6,9-10,13-14,18,20H,7-8,11-12,15-17H2,1-3H3,(H,27,29);1H. The van der Waals surface area contributed by atoms with Gasteiger partial charge in [-0.3, -0.25) is 9.69 Å². The molecule has 0 atom stereocenters. The topological polar surface area (TPSA) is 50.8 Å². The highest BCUT2D eigenvalue weighted by Crippen LogP contribution is 2.31. The molecular weight excluding hydrogens is 431 g/mol. The molecule has 0 bridgehead atoms. The maximum atomic E-state index is 13.4. The molecule has 0 aliphatic heterocycles. The predicted molar refractivity (Wildman–Crippen MR) is 127 cm³/mol. The molecule has 5 nitrogen and oxygen atoms in total. The molecule has 0 spiro atoms. The van der Waals surface area contributed by atoms with Crippen LogP contribution in [0.1, 0.15) is 37.8 Å². The smallest absolute Gasteiger partial charge is 0.234 e. The van der Waals surface area contributed by atoms with Gasteiger partial charge in [-0.25, -0.2) is 4.39 Å². The Bertz CT molecular complexity index is 874. The van der Waals surface area contributed by atoms with Crippen molar-refractivity contribution in [2.24, 2.45) is 5.92 Å². The van der Waals surface area contributed by atoms with E-state index in [1.54, 1.807) is 13.2 Å². The molecule has 2 aromatic carbocycles. The molecule has 1 aliphatic carbocycles. The number of nitrogens with zero attached hydrogens (tertiary/aromatic N) is 1. The molecule has 0 unspecified atom stereocenters. The number of methoxy groups -OCH3 is 1. The van der Waals surface area contributed by atoms with Gasteiger partial charge in [0.05, 0.1) is 13.7 Å². The minimum atomic E-state index is -0.277. The van der Waals surface area contributed by atoms with Crippen LogP contribution in [0, 0.1) is 11.7 Å². The van der Waals surface area contributed by atoms with Crippen molar-refractivity contribution in [2.75, 3.05) is 26.7 Å². The lowest BCUT2D eigenvalue weighted by molar-refractivity contribution is -0.122. The molecule has 32 heavy (non-hydrogen) atoms. The van der Waals surface area contributed by atoms with Gasteiger partial charge >= 0.3 is 0 Å². The molecule has 1 saturated carbocycles. The van der Waals surface area contributed by atoms with Crippen LogP contribution in [0.2, 0.25) is 0 Å². The molecule has 1 aliphatic rings. The number of rotatable bonds is 12. The summed E-state index contributed by atoms with van der Waals surface area (Å²) in [5.74, 6) is 1.80. The molecule has 1 fully saturated rings. The van der Waals surface area contributed by atoms with E-state index >= 15 is 0 Å². The minimum Gasteiger partial charge on any atom is -0.493 e. The van der Waals surface area contributed by atoms with Crippen LogP contribution in [-0.2, 0) is 17.8 Å². The molecule has 1 N–H and O–H groups in total. The van der Waals surface area contributed by atoms with E-state index in [0.29, 0.717) is 18.0 Å². The van der Waals surface area contributed by atoms with E-state index in [0.717, 1.165) is 36.6 Å². The zero-order valence-corrected chi connectivity index (χ0v) is 19.9. The van der Waals surface area contributed by atoms with E-state index in [9.17, 15) is 9.18 Å². The van der Waals surface area contributed by atoms with Crippen molar-refractivity contribution in [1.29, 1.82) is 0 Å². The second-order valence-electron chi connectivity index (χ2n) is 8.55. The highest BCUT2D eigenvalue weighted by molar-refractivity contribution is 5.85. The minimum absolute atomic E-state index is 0. The van der Waals surface area contributed by atoms with Crippen molar-refractivity contribution in [3.05, 3.63) is 59.4 Å². The number of nitrogens with one attached hydrogen (secondary N) is 1. The fraction of sp³-hybridized carbons (Fsp3) is 0.480. The van der Waals surface area contributed by atoms with E-state index in [1.165, 1.54) is 25.0 Å². The molecule has 3 rings (SSSR count). The van der Waals surface area contributed by atoms with Crippen molar-refractivity contribution in [2.45, 2.75) is 45.8 Å². The van der Waals surface area contributed by atoms with Gasteiger partial charge in [0.15, 0.2) is 11.5 Å². The van der Waals surface area contributed by atoms with Crippen molar-refractivity contribution in [3.8, 4) is 11.5 Å². The zero-order chi connectivity index (χ0) is 22.2. The largest absolute Gasteiger partial charge is 0.493 e. The number of halogens is 2. The first-order valence-corrected chi connectivity index (χ1v) is 11.0. The summed E-state index contributed by atoms with van der Waals surface area (Å²) in [7, 11) is 1.61. The lowest BCUT2D eigenvalue weighted by Crippen LogP contribution is -2.41. The monoisotopic (exact) mass is 464 g/mol.